The van der Waals surface area contributed by atoms with Crippen molar-refractivity contribution in [3.05, 3.63) is 59.1 Å². The highest BCUT2D eigenvalue weighted by Gasteiger charge is 2.35. The topological polar surface area (TPSA) is 58.6 Å². The molecule has 1 aliphatic rings. The smallest absolute Gasteiger partial charge is 0.227 e. The number of anilines is 1. The number of carbonyl (C=O) groups excluding carboxylic acids is 2. The summed E-state index contributed by atoms with van der Waals surface area (Å²) in [4.78, 5) is 26.2. The summed E-state index contributed by atoms with van der Waals surface area (Å²) < 4.78 is 5.62. The fourth-order valence-electron chi connectivity index (χ4n) is 2.98. The van der Waals surface area contributed by atoms with E-state index in [2.05, 4.69) is 5.32 Å². The van der Waals surface area contributed by atoms with E-state index < -0.39 is 0 Å². The van der Waals surface area contributed by atoms with Crippen molar-refractivity contribution in [2.75, 3.05) is 24.6 Å². The molecular weight excluding hydrogens is 352 g/mol. The molecule has 2 aromatic carbocycles. The molecule has 1 fully saturated rings. The van der Waals surface area contributed by atoms with Gasteiger partial charge in [-0.1, -0.05) is 35.9 Å². The molecule has 1 atom stereocenters. The summed E-state index contributed by atoms with van der Waals surface area (Å²) in [5, 5.41) is 3.35. The zero-order chi connectivity index (χ0) is 18.5. The number of aryl methyl sites for hydroxylation is 1. The standard InChI is InChI=1S/C20H21ClN2O3/c1-14-5-4-6-16(11-14)26-10-9-22-20(25)15-12-19(24)23(13-15)18-8-3-2-7-17(18)21/h2-8,11,15H,9-10,12-13H2,1H3,(H,22,25). The maximum absolute atomic E-state index is 12.3. The Balaban J connectivity index is 1.48. The molecule has 1 saturated heterocycles. The molecule has 136 valence electrons. The van der Waals surface area contributed by atoms with Gasteiger partial charge in [-0.2, -0.15) is 0 Å². The second-order valence-corrected chi connectivity index (χ2v) is 6.72. The summed E-state index contributed by atoms with van der Waals surface area (Å²) in [6, 6.07) is 14.9. The van der Waals surface area contributed by atoms with Crippen LogP contribution in [0.1, 0.15) is 12.0 Å². The van der Waals surface area contributed by atoms with Gasteiger partial charge in [-0.3, -0.25) is 9.59 Å². The zero-order valence-electron chi connectivity index (χ0n) is 14.6. The largest absolute Gasteiger partial charge is 0.492 e. The number of ether oxygens (including phenoxy) is 1. The number of hydrogen-bond donors (Lipinski definition) is 1. The van der Waals surface area contributed by atoms with Gasteiger partial charge in [0.1, 0.15) is 12.4 Å². The van der Waals surface area contributed by atoms with Gasteiger partial charge in [-0.15, -0.1) is 0 Å². The van der Waals surface area contributed by atoms with Crippen molar-refractivity contribution in [1.29, 1.82) is 0 Å². The summed E-state index contributed by atoms with van der Waals surface area (Å²) >= 11 is 6.16. The first-order chi connectivity index (χ1) is 12.5. The number of nitrogens with one attached hydrogen (secondary N) is 1. The first-order valence-electron chi connectivity index (χ1n) is 8.56. The average molecular weight is 373 g/mol. The van der Waals surface area contributed by atoms with Crippen molar-refractivity contribution < 1.29 is 14.3 Å². The molecule has 0 spiro atoms. The Morgan fingerprint density at radius 3 is 2.85 bits per heavy atom. The van der Waals surface area contributed by atoms with Crippen LogP contribution in [0.15, 0.2) is 48.5 Å². The Morgan fingerprint density at radius 2 is 2.08 bits per heavy atom. The number of benzene rings is 2. The molecule has 1 unspecified atom stereocenters. The predicted octanol–water partition coefficient (Wildman–Crippen LogP) is 3.20. The molecule has 3 rings (SSSR count). The lowest BCUT2D eigenvalue weighted by molar-refractivity contribution is -0.126. The first-order valence-corrected chi connectivity index (χ1v) is 8.94. The van der Waals surface area contributed by atoms with Crippen molar-refractivity contribution in [2.45, 2.75) is 13.3 Å². The Morgan fingerprint density at radius 1 is 1.27 bits per heavy atom. The van der Waals surface area contributed by atoms with E-state index >= 15 is 0 Å². The quantitative estimate of drug-likeness (QED) is 0.792. The van der Waals surface area contributed by atoms with Crippen molar-refractivity contribution in [3.8, 4) is 5.75 Å². The van der Waals surface area contributed by atoms with E-state index in [0.717, 1.165) is 11.3 Å². The minimum Gasteiger partial charge on any atom is -0.492 e. The molecule has 26 heavy (non-hydrogen) atoms. The Bertz CT molecular complexity index is 809. The maximum Gasteiger partial charge on any atom is 0.227 e. The molecule has 5 nitrogen and oxygen atoms in total. The maximum atomic E-state index is 12.3. The monoisotopic (exact) mass is 372 g/mol. The Kier molecular flexibility index (Phi) is 5.78. The van der Waals surface area contributed by atoms with Gasteiger partial charge in [0.05, 0.1) is 23.2 Å². The van der Waals surface area contributed by atoms with E-state index in [9.17, 15) is 9.59 Å². The van der Waals surface area contributed by atoms with Gasteiger partial charge in [0.2, 0.25) is 11.8 Å². The van der Waals surface area contributed by atoms with Gasteiger partial charge in [0.15, 0.2) is 0 Å². The van der Waals surface area contributed by atoms with E-state index in [1.807, 2.05) is 43.3 Å². The Hall–Kier alpha value is -2.53. The van der Waals surface area contributed by atoms with E-state index in [4.69, 9.17) is 16.3 Å². The second-order valence-electron chi connectivity index (χ2n) is 6.31. The lowest BCUT2D eigenvalue weighted by atomic mass is 10.1. The number of para-hydroxylation sites is 1. The number of carbonyl (C=O) groups is 2. The third kappa shape index (κ3) is 4.35. The van der Waals surface area contributed by atoms with Crippen LogP contribution in [0.2, 0.25) is 5.02 Å². The minimum absolute atomic E-state index is 0.0886. The molecule has 0 saturated carbocycles. The first kappa shape index (κ1) is 18.3. The van der Waals surface area contributed by atoms with Gasteiger partial charge in [-0.25, -0.2) is 0 Å². The van der Waals surface area contributed by atoms with Crippen LogP contribution in [0.4, 0.5) is 5.69 Å². The van der Waals surface area contributed by atoms with Crippen LogP contribution in [0.25, 0.3) is 0 Å². The van der Waals surface area contributed by atoms with Gasteiger partial charge in [-0.05, 0) is 36.8 Å². The molecule has 1 N–H and O–H groups in total. The third-order valence-electron chi connectivity index (χ3n) is 4.30. The normalized spacial score (nSPS) is 16.6. The van der Waals surface area contributed by atoms with Gasteiger partial charge < -0.3 is 15.0 Å². The van der Waals surface area contributed by atoms with Crippen LogP contribution >= 0.6 is 11.6 Å². The van der Waals surface area contributed by atoms with Crippen molar-refractivity contribution in [2.24, 2.45) is 5.92 Å². The molecule has 1 aliphatic heterocycles. The highest BCUT2D eigenvalue weighted by atomic mass is 35.5. The van der Waals surface area contributed by atoms with Gasteiger partial charge >= 0.3 is 0 Å². The summed E-state index contributed by atoms with van der Waals surface area (Å²) in [5.41, 5.74) is 1.77. The van der Waals surface area contributed by atoms with Gasteiger partial charge in [0, 0.05) is 13.0 Å². The van der Waals surface area contributed by atoms with Crippen LogP contribution in [0.3, 0.4) is 0 Å². The number of nitrogens with zero attached hydrogens (tertiary/aromatic N) is 1. The predicted molar refractivity (Wildman–Crippen MR) is 102 cm³/mol. The molecule has 1 heterocycles. The minimum atomic E-state index is -0.377. The van der Waals surface area contributed by atoms with E-state index in [0.29, 0.717) is 30.4 Å². The molecule has 6 heteroatoms. The SMILES string of the molecule is Cc1cccc(OCCNC(=O)C2CC(=O)N(c3ccccc3Cl)C2)c1. The fraction of sp³-hybridized carbons (Fsp3) is 0.300. The highest BCUT2D eigenvalue weighted by Crippen LogP contribution is 2.30. The molecule has 0 aliphatic carbocycles. The fourth-order valence-corrected chi connectivity index (χ4v) is 3.22. The third-order valence-corrected chi connectivity index (χ3v) is 4.62. The van der Waals surface area contributed by atoms with E-state index in [-0.39, 0.29) is 24.2 Å². The molecular formula is C20H21ClN2O3. The van der Waals surface area contributed by atoms with E-state index in [1.165, 1.54) is 0 Å². The van der Waals surface area contributed by atoms with Crippen LogP contribution in [0, 0.1) is 12.8 Å². The van der Waals surface area contributed by atoms with Gasteiger partial charge in [0.25, 0.3) is 0 Å². The molecule has 2 amide bonds. The number of amides is 2. The number of hydrogen-bond acceptors (Lipinski definition) is 3. The molecule has 0 aromatic heterocycles. The van der Waals surface area contributed by atoms with Crippen molar-refractivity contribution >= 4 is 29.1 Å². The van der Waals surface area contributed by atoms with Crippen LogP contribution in [-0.2, 0) is 9.59 Å². The summed E-state index contributed by atoms with van der Waals surface area (Å²) in [6.07, 6.45) is 0.190. The van der Waals surface area contributed by atoms with E-state index in [1.54, 1.807) is 17.0 Å². The summed E-state index contributed by atoms with van der Waals surface area (Å²) in [5.74, 6) is 0.174. The number of rotatable bonds is 6. The lowest BCUT2D eigenvalue weighted by Crippen LogP contribution is -2.35. The van der Waals surface area contributed by atoms with Crippen LogP contribution < -0.4 is 15.0 Å². The number of halogens is 1. The highest BCUT2D eigenvalue weighted by molar-refractivity contribution is 6.33. The second kappa shape index (κ2) is 8.23. The summed E-state index contributed by atoms with van der Waals surface area (Å²) in [6.45, 7) is 3.11. The Labute approximate surface area is 157 Å². The average Bonchev–Trinajstić information content (AvgIpc) is 3.01. The molecule has 0 bridgehead atoms. The van der Waals surface area contributed by atoms with Crippen LogP contribution in [0.5, 0.6) is 5.75 Å². The van der Waals surface area contributed by atoms with Crippen molar-refractivity contribution in [1.82, 2.24) is 5.32 Å². The van der Waals surface area contributed by atoms with Crippen molar-refractivity contribution in [3.63, 3.8) is 0 Å². The molecule has 2 aromatic rings. The lowest BCUT2D eigenvalue weighted by Gasteiger charge is -2.18. The van der Waals surface area contributed by atoms with Crippen LogP contribution in [-0.4, -0.2) is 31.5 Å². The zero-order valence-corrected chi connectivity index (χ0v) is 15.3. The summed E-state index contributed by atoms with van der Waals surface area (Å²) in [7, 11) is 0. The molecule has 0 radical (unpaired) electrons.